The lowest BCUT2D eigenvalue weighted by molar-refractivity contribution is 0.0692. The number of halogens is 2. The Balaban J connectivity index is 1.36. The molecular weight excluding hydrogens is 537 g/mol. The number of anilines is 1. The first-order valence-corrected chi connectivity index (χ1v) is 13.1. The number of carboxylic acids is 1. The van der Waals surface area contributed by atoms with Crippen LogP contribution in [0.15, 0.2) is 77.3 Å². The molecule has 0 fully saturated rings. The van der Waals surface area contributed by atoms with E-state index in [-0.39, 0.29) is 18.2 Å². The maximum Gasteiger partial charge on any atom is 0.355 e. The van der Waals surface area contributed by atoms with Crippen LogP contribution in [-0.4, -0.2) is 21.2 Å². The molecule has 9 heteroatoms. The average molecular weight is 562 g/mol. The van der Waals surface area contributed by atoms with Crippen molar-refractivity contribution in [1.82, 2.24) is 10.1 Å². The molecule has 5 rings (SSSR count). The maximum atomic E-state index is 11.9. The molecule has 0 aliphatic heterocycles. The quantitative estimate of drug-likeness (QED) is 0.187. The summed E-state index contributed by atoms with van der Waals surface area (Å²) < 4.78 is 11.8. The van der Waals surface area contributed by atoms with Gasteiger partial charge in [0.1, 0.15) is 23.8 Å². The monoisotopic (exact) mass is 561 g/mol. The highest BCUT2D eigenvalue weighted by Crippen LogP contribution is 2.32. The highest BCUT2D eigenvalue weighted by molar-refractivity contribution is 6.39. The van der Waals surface area contributed by atoms with Crippen LogP contribution in [0, 0.1) is 0 Å². The van der Waals surface area contributed by atoms with Crippen LogP contribution in [0.4, 0.5) is 5.69 Å². The summed E-state index contributed by atoms with van der Waals surface area (Å²) in [5, 5.41) is 19.2. The Hall–Kier alpha value is -4.07. The zero-order valence-corrected chi connectivity index (χ0v) is 22.8. The molecule has 0 aliphatic carbocycles. The summed E-state index contributed by atoms with van der Waals surface area (Å²) >= 11 is 12.6. The molecule has 0 radical (unpaired) electrons. The van der Waals surface area contributed by atoms with Crippen molar-refractivity contribution in [3.05, 3.63) is 106 Å². The Labute approximate surface area is 235 Å². The van der Waals surface area contributed by atoms with Crippen LogP contribution in [-0.2, 0) is 13.2 Å². The fraction of sp³-hybridized carbons (Fsp3) is 0.167. The Morgan fingerprint density at radius 1 is 1.03 bits per heavy atom. The lowest BCUT2D eigenvalue weighted by atomic mass is 10.0. The molecule has 0 saturated carbocycles. The number of carbonyl (C=O) groups is 1. The van der Waals surface area contributed by atoms with Crippen LogP contribution in [0.1, 0.15) is 47.3 Å². The van der Waals surface area contributed by atoms with E-state index < -0.39 is 5.97 Å². The lowest BCUT2D eigenvalue weighted by Gasteiger charge is -2.12. The Morgan fingerprint density at radius 3 is 2.44 bits per heavy atom. The summed E-state index contributed by atoms with van der Waals surface area (Å²) in [6, 6.07) is 21.9. The minimum absolute atomic E-state index is 0.00387. The van der Waals surface area contributed by atoms with Gasteiger partial charge in [-0.15, -0.1) is 0 Å². The molecule has 0 spiro atoms. The van der Waals surface area contributed by atoms with E-state index in [4.69, 9.17) is 32.5 Å². The van der Waals surface area contributed by atoms with Gasteiger partial charge in [0.2, 0.25) is 0 Å². The summed E-state index contributed by atoms with van der Waals surface area (Å²) in [6.07, 6.45) is 0. The summed E-state index contributed by atoms with van der Waals surface area (Å²) in [4.78, 5) is 16.3. The van der Waals surface area contributed by atoms with Gasteiger partial charge in [-0.1, -0.05) is 78.6 Å². The summed E-state index contributed by atoms with van der Waals surface area (Å²) in [5.41, 5.74) is 4.07. The van der Waals surface area contributed by atoms with Gasteiger partial charge in [-0.3, -0.25) is 0 Å². The maximum absolute atomic E-state index is 11.9. The molecule has 2 aromatic heterocycles. The molecule has 198 valence electrons. The molecule has 7 nitrogen and oxygen atoms in total. The van der Waals surface area contributed by atoms with Crippen LogP contribution in [0.2, 0.25) is 10.0 Å². The van der Waals surface area contributed by atoms with Crippen LogP contribution in [0.3, 0.4) is 0 Å². The van der Waals surface area contributed by atoms with Crippen molar-refractivity contribution in [2.75, 3.05) is 5.32 Å². The topological polar surface area (TPSA) is 97.5 Å². The minimum atomic E-state index is -1.08. The van der Waals surface area contributed by atoms with Gasteiger partial charge in [-0.25, -0.2) is 9.78 Å². The molecule has 0 unspecified atom stereocenters. The standard InChI is InChI=1S/C30H25Cl2N3O4/c1-17(2)29-22(26(35-39-29)15-33-28-23(31)7-5-8-24(28)32)16-38-20-12-10-18(11-13-20)21-14-19-6-3-4-9-25(19)34-27(21)30(36)37/h3-14,17,33H,15-16H2,1-2H3,(H,36,37). The van der Waals surface area contributed by atoms with E-state index in [1.807, 2.05) is 50.2 Å². The van der Waals surface area contributed by atoms with Gasteiger partial charge in [-0.2, -0.15) is 0 Å². The van der Waals surface area contributed by atoms with Crippen molar-refractivity contribution in [3.8, 4) is 16.9 Å². The Bertz CT molecular complexity index is 1630. The molecule has 2 heterocycles. The number of rotatable bonds is 9. The fourth-order valence-corrected chi connectivity index (χ4v) is 4.86. The summed E-state index contributed by atoms with van der Waals surface area (Å²) in [7, 11) is 0. The predicted octanol–water partition coefficient (Wildman–Crippen LogP) is 8.21. The highest BCUT2D eigenvalue weighted by atomic mass is 35.5. The number of benzene rings is 3. The predicted molar refractivity (Wildman–Crippen MR) is 153 cm³/mol. The fourth-order valence-electron chi connectivity index (χ4n) is 4.33. The van der Waals surface area contributed by atoms with Crippen LogP contribution in [0.25, 0.3) is 22.0 Å². The van der Waals surface area contributed by atoms with Gasteiger partial charge < -0.3 is 19.7 Å². The van der Waals surface area contributed by atoms with E-state index >= 15 is 0 Å². The molecule has 39 heavy (non-hydrogen) atoms. The van der Waals surface area contributed by atoms with Gasteiger partial charge in [-0.05, 0) is 42.0 Å². The lowest BCUT2D eigenvalue weighted by Crippen LogP contribution is -2.07. The second-order valence-electron chi connectivity index (χ2n) is 9.27. The van der Waals surface area contributed by atoms with Gasteiger partial charge in [0.05, 0.1) is 33.4 Å². The number of nitrogens with one attached hydrogen (secondary N) is 1. The number of hydrogen-bond donors (Lipinski definition) is 2. The number of aromatic nitrogens is 2. The van der Waals surface area contributed by atoms with E-state index in [1.54, 1.807) is 36.4 Å². The van der Waals surface area contributed by atoms with Crippen molar-refractivity contribution in [3.63, 3.8) is 0 Å². The minimum Gasteiger partial charge on any atom is -0.489 e. The number of hydrogen-bond acceptors (Lipinski definition) is 6. The molecular formula is C30H25Cl2N3O4. The molecule has 0 aliphatic rings. The van der Waals surface area contributed by atoms with Crippen molar-refractivity contribution in [1.29, 1.82) is 0 Å². The second kappa shape index (κ2) is 11.4. The van der Waals surface area contributed by atoms with Gasteiger partial charge in [0.15, 0.2) is 5.69 Å². The third-order valence-electron chi connectivity index (χ3n) is 6.29. The van der Waals surface area contributed by atoms with Crippen LogP contribution in [0.5, 0.6) is 5.75 Å². The molecule has 5 aromatic rings. The smallest absolute Gasteiger partial charge is 0.355 e. The molecule has 0 saturated heterocycles. The average Bonchev–Trinajstić information content (AvgIpc) is 3.34. The van der Waals surface area contributed by atoms with E-state index in [2.05, 4.69) is 15.5 Å². The molecule has 0 atom stereocenters. The van der Waals surface area contributed by atoms with E-state index in [9.17, 15) is 9.90 Å². The second-order valence-corrected chi connectivity index (χ2v) is 10.1. The number of nitrogens with zero attached hydrogens (tertiary/aromatic N) is 2. The number of carboxylic acid groups (broad SMARTS) is 1. The van der Waals surface area contributed by atoms with Crippen molar-refractivity contribution < 1.29 is 19.2 Å². The van der Waals surface area contributed by atoms with Crippen LogP contribution < -0.4 is 10.1 Å². The summed E-state index contributed by atoms with van der Waals surface area (Å²) in [6.45, 7) is 4.64. The Morgan fingerprint density at radius 2 is 1.74 bits per heavy atom. The largest absolute Gasteiger partial charge is 0.489 e. The van der Waals surface area contributed by atoms with Crippen LogP contribution >= 0.6 is 23.2 Å². The van der Waals surface area contributed by atoms with Crippen molar-refractivity contribution in [2.24, 2.45) is 0 Å². The van der Waals surface area contributed by atoms with Crippen molar-refractivity contribution in [2.45, 2.75) is 32.9 Å². The zero-order valence-electron chi connectivity index (χ0n) is 21.2. The van der Waals surface area contributed by atoms with E-state index in [0.717, 1.165) is 22.3 Å². The zero-order chi connectivity index (χ0) is 27.5. The summed E-state index contributed by atoms with van der Waals surface area (Å²) in [5.74, 6) is 0.380. The van der Waals surface area contributed by atoms with Gasteiger partial charge in [0.25, 0.3) is 0 Å². The first kappa shape index (κ1) is 26.5. The number of para-hydroxylation sites is 2. The molecule has 3 aromatic carbocycles. The number of pyridine rings is 1. The number of fused-ring (bicyclic) bond motifs is 1. The SMILES string of the molecule is CC(C)c1onc(CNc2c(Cl)cccc2Cl)c1COc1ccc(-c2cc3ccccc3nc2C(=O)O)cc1. The van der Waals surface area contributed by atoms with Gasteiger partial charge in [0, 0.05) is 16.9 Å². The number of ether oxygens (including phenoxy) is 1. The van der Waals surface area contributed by atoms with E-state index in [1.165, 1.54) is 0 Å². The van der Waals surface area contributed by atoms with Crippen molar-refractivity contribution >= 4 is 45.8 Å². The normalized spacial score (nSPS) is 11.2. The molecule has 2 N–H and O–H groups in total. The first-order chi connectivity index (χ1) is 18.8. The van der Waals surface area contributed by atoms with E-state index in [0.29, 0.717) is 44.8 Å². The van der Waals surface area contributed by atoms with Gasteiger partial charge >= 0.3 is 5.97 Å². The third kappa shape index (κ3) is 5.70. The molecule has 0 bridgehead atoms. The first-order valence-electron chi connectivity index (χ1n) is 12.3. The molecule has 0 amide bonds. The highest BCUT2D eigenvalue weighted by Gasteiger charge is 2.20. The Kier molecular flexibility index (Phi) is 7.72. The number of aromatic carboxylic acids is 1. The third-order valence-corrected chi connectivity index (χ3v) is 6.92.